The normalized spacial score (nSPS) is 16.7. The molecule has 142 valence electrons. The second-order valence-electron chi connectivity index (χ2n) is 6.94. The van der Waals surface area contributed by atoms with Crippen molar-refractivity contribution in [2.45, 2.75) is 37.7 Å². The topological polar surface area (TPSA) is 59.5 Å². The van der Waals surface area contributed by atoms with Gasteiger partial charge in [0.2, 0.25) is 10.0 Å². The van der Waals surface area contributed by atoms with E-state index in [1.165, 1.54) is 11.3 Å². The van der Waals surface area contributed by atoms with Crippen LogP contribution in [0.1, 0.15) is 24.0 Å². The Morgan fingerprint density at radius 1 is 1.11 bits per heavy atom. The molecule has 1 fully saturated rings. The van der Waals surface area contributed by atoms with Crippen LogP contribution in [0.15, 0.2) is 47.4 Å². The van der Waals surface area contributed by atoms with E-state index in [0.29, 0.717) is 36.0 Å². The number of fused-ring (bicyclic) bond motifs is 1. The van der Waals surface area contributed by atoms with E-state index in [1.54, 1.807) is 10.4 Å². The number of rotatable bonds is 4. The van der Waals surface area contributed by atoms with Crippen molar-refractivity contribution in [3.05, 3.63) is 53.6 Å². The molecule has 7 heteroatoms. The number of aryl methyl sites for hydroxylation is 2. The number of para-hydroxylation sites is 1. The molecule has 1 aromatic heterocycles. The van der Waals surface area contributed by atoms with Gasteiger partial charge in [0.05, 0.1) is 15.1 Å². The van der Waals surface area contributed by atoms with Crippen LogP contribution >= 0.6 is 11.3 Å². The third-order valence-corrected chi connectivity index (χ3v) is 7.87. The summed E-state index contributed by atoms with van der Waals surface area (Å²) in [6, 6.07) is 13.5. The number of aromatic nitrogens is 1. The number of nitrogens with zero attached hydrogens (tertiary/aromatic N) is 2. The summed E-state index contributed by atoms with van der Waals surface area (Å²) < 4.78 is 34.7. The van der Waals surface area contributed by atoms with Crippen LogP contribution in [-0.2, 0) is 10.0 Å². The summed E-state index contributed by atoms with van der Waals surface area (Å²) in [7, 11) is -3.47. The van der Waals surface area contributed by atoms with E-state index in [-0.39, 0.29) is 6.10 Å². The van der Waals surface area contributed by atoms with Gasteiger partial charge in [-0.25, -0.2) is 13.4 Å². The summed E-state index contributed by atoms with van der Waals surface area (Å²) in [4.78, 5) is 4.92. The Bertz CT molecular complexity index is 1030. The molecule has 1 aliphatic rings. The van der Waals surface area contributed by atoms with Crippen LogP contribution < -0.4 is 4.74 Å². The van der Waals surface area contributed by atoms with Crippen molar-refractivity contribution in [1.29, 1.82) is 0 Å². The molecular weight excluding hydrogens is 380 g/mol. The van der Waals surface area contributed by atoms with E-state index in [9.17, 15) is 8.42 Å². The van der Waals surface area contributed by atoms with Crippen molar-refractivity contribution in [3.8, 4) is 5.19 Å². The Labute approximate surface area is 163 Å². The summed E-state index contributed by atoms with van der Waals surface area (Å²) in [6.07, 6.45) is 1.33. The van der Waals surface area contributed by atoms with Crippen LogP contribution in [0.5, 0.6) is 5.19 Å². The van der Waals surface area contributed by atoms with Gasteiger partial charge >= 0.3 is 0 Å². The summed E-state index contributed by atoms with van der Waals surface area (Å²) in [6.45, 7) is 4.68. The van der Waals surface area contributed by atoms with Crippen LogP contribution in [0.3, 0.4) is 0 Å². The van der Waals surface area contributed by atoms with Gasteiger partial charge in [-0.3, -0.25) is 0 Å². The molecule has 2 heterocycles. The Morgan fingerprint density at radius 3 is 2.59 bits per heavy atom. The molecule has 0 spiro atoms. The third-order valence-electron chi connectivity index (χ3n) is 4.90. The number of hydrogen-bond donors (Lipinski definition) is 0. The third kappa shape index (κ3) is 3.72. The zero-order valence-electron chi connectivity index (χ0n) is 15.4. The Balaban J connectivity index is 1.44. The van der Waals surface area contributed by atoms with Crippen molar-refractivity contribution < 1.29 is 13.2 Å². The van der Waals surface area contributed by atoms with E-state index < -0.39 is 10.0 Å². The quantitative estimate of drug-likeness (QED) is 0.658. The molecule has 0 aliphatic carbocycles. The lowest BCUT2D eigenvalue weighted by atomic mass is 10.1. The highest BCUT2D eigenvalue weighted by Gasteiger charge is 2.31. The Kier molecular flexibility index (Phi) is 4.92. The predicted molar refractivity (Wildman–Crippen MR) is 108 cm³/mol. The maximum atomic E-state index is 13.0. The number of ether oxygens (including phenoxy) is 1. The lowest BCUT2D eigenvalue weighted by Crippen LogP contribution is -2.41. The minimum atomic E-state index is -3.47. The first-order chi connectivity index (χ1) is 12.9. The van der Waals surface area contributed by atoms with Gasteiger partial charge in [-0.2, -0.15) is 4.31 Å². The summed E-state index contributed by atoms with van der Waals surface area (Å²) in [5.74, 6) is 0. The number of benzene rings is 2. The van der Waals surface area contributed by atoms with E-state index in [0.717, 1.165) is 21.3 Å². The van der Waals surface area contributed by atoms with E-state index in [2.05, 4.69) is 4.98 Å². The average Bonchev–Trinajstić information content (AvgIpc) is 3.06. The van der Waals surface area contributed by atoms with Gasteiger partial charge in [-0.1, -0.05) is 35.6 Å². The Morgan fingerprint density at radius 2 is 1.85 bits per heavy atom. The van der Waals surface area contributed by atoms with Gasteiger partial charge in [0.1, 0.15) is 6.10 Å². The molecule has 1 aliphatic heterocycles. The standard InChI is InChI=1S/C20H22N2O3S2/c1-14-7-8-15(2)19(13-14)27(23,24)22-11-9-16(10-12-22)25-20-21-17-5-3-4-6-18(17)26-20/h3-8,13,16H,9-12H2,1-2H3. The fourth-order valence-electron chi connectivity index (χ4n) is 3.36. The molecule has 0 unspecified atom stereocenters. The van der Waals surface area contributed by atoms with Crippen molar-refractivity contribution in [2.24, 2.45) is 0 Å². The van der Waals surface area contributed by atoms with Crippen LogP contribution in [0.2, 0.25) is 0 Å². The SMILES string of the molecule is Cc1ccc(C)c(S(=O)(=O)N2CCC(Oc3nc4ccccc4s3)CC2)c1. The van der Waals surface area contributed by atoms with Crippen molar-refractivity contribution >= 4 is 31.6 Å². The molecule has 0 amide bonds. The zero-order valence-corrected chi connectivity index (χ0v) is 17.0. The first-order valence-electron chi connectivity index (χ1n) is 9.03. The minimum absolute atomic E-state index is 0.00406. The molecule has 27 heavy (non-hydrogen) atoms. The number of hydrogen-bond acceptors (Lipinski definition) is 5. The fourth-order valence-corrected chi connectivity index (χ4v) is 6.02. The molecular formula is C20H22N2O3S2. The molecule has 0 atom stereocenters. The molecule has 2 aromatic carbocycles. The maximum Gasteiger partial charge on any atom is 0.274 e. The molecule has 3 aromatic rings. The predicted octanol–water partition coefficient (Wildman–Crippen LogP) is 4.15. The summed E-state index contributed by atoms with van der Waals surface area (Å²) in [5, 5.41) is 0.659. The smallest absolute Gasteiger partial charge is 0.274 e. The van der Waals surface area contributed by atoms with Crippen molar-refractivity contribution in [2.75, 3.05) is 13.1 Å². The highest BCUT2D eigenvalue weighted by molar-refractivity contribution is 7.89. The second kappa shape index (κ2) is 7.22. The first-order valence-corrected chi connectivity index (χ1v) is 11.3. The second-order valence-corrected chi connectivity index (χ2v) is 9.84. The van der Waals surface area contributed by atoms with Crippen LogP contribution in [0.25, 0.3) is 10.2 Å². The van der Waals surface area contributed by atoms with Crippen LogP contribution in [-0.4, -0.2) is 36.9 Å². The average molecular weight is 403 g/mol. The molecule has 0 radical (unpaired) electrons. The minimum Gasteiger partial charge on any atom is -0.467 e. The van der Waals surface area contributed by atoms with E-state index in [1.807, 2.05) is 50.2 Å². The van der Waals surface area contributed by atoms with Crippen LogP contribution in [0.4, 0.5) is 0 Å². The fraction of sp³-hybridized carbons (Fsp3) is 0.350. The Hall–Kier alpha value is -1.96. The monoisotopic (exact) mass is 402 g/mol. The molecule has 5 nitrogen and oxygen atoms in total. The largest absolute Gasteiger partial charge is 0.467 e. The molecule has 4 rings (SSSR count). The number of piperidine rings is 1. The highest BCUT2D eigenvalue weighted by atomic mass is 32.2. The molecule has 0 N–H and O–H groups in total. The first kappa shape index (κ1) is 18.4. The van der Waals surface area contributed by atoms with Crippen molar-refractivity contribution in [1.82, 2.24) is 9.29 Å². The van der Waals surface area contributed by atoms with Gasteiger partial charge < -0.3 is 4.74 Å². The highest BCUT2D eigenvalue weighted by Crippen LogP contribution is 2.30. The maximum absolute atomic E-state index is 13.0. The zero-order chi connectivity index (χ0) is 19.0. The van der Waals surface area contributed by atoms with E-state index >= 15 is 0 Å². The molecule has 1 saturated heterocycles. The number of thiazole rings is 1. The van der Waals surface area contributed by atoms with Crippen molar-refractivity contribution in [3.63, 3.8) is 0 Å². The lowest BCUT2D eigenvalue weighted by Gasteiger charge is -2.31. The van der Waals surface area contributed by atoms with Gasteiger partial charge in [0, 0.05) is 13.1 Å². The summed E-state index contributed by atoms with van der Waals surface area (Å²) in [5.41, 5.74) is 2.68. The van der Waals surface area contributed by atoms with Gasteiger partial charge in [0.15, 0.2) is 0 Å². The molecule has 0 saturated carbocycles. The van der Waals surface area contributed by atoms with Gasteiger partial charge in [-0.05, 0) is 56.0 Å². The lowest BCUT2D eigenvalue weighted by molar-refractivity contribution is 0.135. The number of sulfonamides is 1. The van der Waals surface area contributed by atoms with Gasteiger partial charge in [-0.15, -0.1) is 0 Å². The van der Waals surface area contributed by atoms with Gasteiger partial charge in [0.25, 0.3) is 5.19 Å². The van der Waals surface area contributed by atoms with E-state index in [4.69, 9.17) is 4.74 Å². The van der Waals surface area contributed by atoms with Crippen LogP contribution in [0, 0.1) is 13.8 Å². The molecule has 0 bridgehead atoms. The summed E-state index contributed by atoms with van der Waals surface area (Å²) >= 11 is 1.53.